The molecule has 54 heavy (non-hydrogen) atoms. The maximum absolute atomic E-state index is 12.5. The lowest BCUT2D eigenvalue weighted by molar-refractivity contribution is -0.385. The number of aryl methyl sites for hydroxylation is 1. The molecular formula is C38H42N2O12S2. The van der Waals surface area contributed by atoms with Crippen molar-refractivity contribution in [1.29, 1.82) is 0 Å². The molecule has 0 spiro atoms. The average Bonchev–Trinajstić information content (AvgIpc) is 3.14. The lowest BCUT2D eigenvalue weighted by Crippen LogP contribution is -2.08. The van der Waals surface area contributed by atoms with Gasteiger partial charge in [-0.05, 0) is 78.6 Å². The second-order valence-electron chi connectivity index (χ2n) is 11.2. The monoisotopic (exact) mass is 782 g/mol. The van der Waals surface area contributed by atoms with Gasteiger partial charge >= 0.3 is 17.9 Å². The van der Waals surface area contributed by atoms with E-state index in [1.54, 1.807) is 73.7 Å². The van der Waals surface area contributed by atoms with E-state index in [1.165, 1.54) is 57.6 Å². The zero-order chi connectivity index (χ0) is 40.3. The molecule has 0 atom stereocenters. The number of anilines is 1. The molecule has 2 N–H and O–H groups in total. The van der Waals surface area contributed by atoms with Gasteiger partial charge in [0.25, 0.3) is 5.69 Å². The highest BCUT2D eigenvalue weighted by Gasteiger charge is 2.22. The van der Waals surface area contributed by atoms with Crippen LogP contribution in [0.3, 0.4) is 0 Å². The van der Waals surface area contributed by atoms with Crippen LogP contribution in [0.5, 0.6) is 0 Å². The SMILES string of the molecule is CCOC(C)=O.COC(=O)/C=C/c1ccc([N+](=O)[O-])c(CS(=O)(=O)c2ccccc2)c1.COC(=O)CCc1ccc(N)c(CS(=O)(=O)c2ccccc2)c1. The Morgan fingerprint density at radius 3 is 1.80 bits per heavy atom. The number of hydrogen-bond donors (Lipinski definition) is 1. The van der Waals surface area contributed by atoms with Crippen molar-refractivity contribution in [3.05, 3.63) is 136 Å². The minimum absolute atomic E-state index is 0.0425. The minimum Gasteiger partial charge on any atom is -0.469 e. The molecule has 0 saturated carbocycles. The van der Waals surface area contributed by atoms with Crippen LogP contribution in [0.2, 0.25) is 0 Å². The molecule has 0 heterocycles. The zero-order valence-electron chi connectivity index (χ0n) is 30.2. The normalized spacial score (nSPS) is 10.9. The summed E-state index contributed by atoms with van der Waals surface area (Å²) in [6.07, 6.45) is 3.27. The van der Waals surface area contributed by atoms with Gasteiger partial charge in [-0.15, -0.1) is 0 Å². The third-order valence-electron chi connectivity index (χ3n) is 7.21. The van der Waals surface area contributed by atoms with Gasteiger partial charge in [0.05, 0.1) is 47.0 Å². The Bertz CT molecular complexity index is 2140. The van der Waals surface area contributed by atoms with Crippen molar-refractivity contribution in [3.8, 4) is 0 Å². The number of nitrogen functional groups attached to an aromatic ring is 1. The summed E-state index contributed by atoms with van der Waals surface area (Å²) >= 11 is 0. The summed E-state index contributed by atoms with van der Waals surface area (Å²) in [4.78, 5) is 43.1. The number of methoxy groups -OCH3 is 2. The number of benzene rings is 4. The van der Waals surface area contributed by atoms with Gasteiger partial charge in [0.2, 0.25) is 0 Å². The quantitative estimate of drug-likeness (QED) is 0.0432. The van der Waals surface area contributed by atoms with Gasteiger partial charge in [0.1, 0.15) is 0 Å². The summed E-state index contributed by atoms with van der Waals surface area (Å²) < 4.78 is 63.3. The lowest BCUT2D eigenvalue weighted by atomic mass is 10.1. The standard InChI is InChI=1S/C17H15NO6S.C17H19NO4S.C4H8O2/c1-24-17(19)10-8-13-7-9-16(18(20)21)14(11-13)12-25(22,23)15-5-3-2-4-6-15;1-22-17(19)10-8-13-7-9-16(18)14(11-13)12-23(20,21)15-5-3-2-4-6-15;1-3-6-4(2)5/h2-11H,12H2,1H3;2-7,9,11H,8,10,12,18H2,1H3;3H2,1-2H3/b10-8+;;. The maximum Gasteiger partial charge on any atom is 0.330 e. The van der Waals surface area contributed by atoms with Crippen molar-refractivity contribution in [2.24, 2.45) is 0 Å². The highest BCUT2D eigenvalue weighted by atomic mass is 32.2. The van der Waals surface area contributed by atoms with Gasteiger partial charge in [-0.1, -0.05) is 48.5 Å². The molecule has 0 aromatic heterocycles. The van der Waals surface area contributed by atoms with E-state index in [-0.39, 0.29) is 45.2 Å². The smallest absolute Gasteiger partial charge is 0.330 e. The largest absolute Gasteiger partial charge is 0.469 e. The molecule has 0 bridgehead atoms. The molecule has 0 amide bonds. The van der Waals surface area contributed by atoms with Crippen molar-refractivity contribution < 1.29 is 50.4 Å². The summed E-state index contributed by atoms with van der Waals surface area (Å²) in [7, 11) is -4.64. The second-order valence-corrected chi connectivity index (χ2v) is 15.2. The number of nitrogens with two attached hydrogens (primary N) is 1. The highest BCUT2D eigenvalue weighted by molar-refractivity contribution is 7.91. The molecule has 0 radical (unpaired) electrons. The first-order valence-electron chi connectivity index (χ1n) is 16.2. The fourth-order valence-corrected chi connectivity index (χ4v) is 7.34. The molecule has 0 saturated heterocycles. The number of nitrogens with zero attached hydrogens (tertiary/aromatic N) is 1. The van der Waals surface area contributed by atoms with Gasteiger partial charge in [0.15, 0.2) is 19.7 Å². The van der Waals surface area contributed by atoms with E-state index in [2.05, 4.69) is 14.2 Å². The molecule has 16 heteroatoms. The van der Waals surface area contributed by atoms with Gasteiger partial charge in [0, 0.05) is 36.7 Å². The fourth-order valence-electron chi connectivity index (χ4n) is 4.56. The number of ether oxygens (including phenoxy) is 3. The third kappa shape index (κ3) is 15.0. The number of nitro benzene ring substituents is 1. The van der Waals surface area contributed by atoms with E-state index in [1.807, 2.05) is 0 Å². The van der Waals surface area contributed by atoms with Gasteiger partial charge in [-0.2, -0.15) is 0 Å². The Kier molecular flexibility index (Phi) is 17.7. The molecule has 0 aliphatic carbocycles. The number of rotatable bonds is 13. The van der Waals surface area contributed by atoms with Crippen molar-refractivity contribution in [3.63, 3.8) is 0 Å². The van der Waals surface area contributed by atoms with E-state index in [4.69, 9.17) is 5.73 Å². The van der Waals surface area contributed by atoms with Crippen LogP contribution in [0.4, 0.5) is 11.4 Å². The second kappa shape index (κ2) is 21.6. The Balaban J connectivity index is 0.000000325. The first-order chi connectivity index (χ1) is 25.5. The Morgan fingerprint density at radius 2 is 1.33 bits per heavy atom. The van der Waals surface area contributed by atoms with Crippen LogP contribution in [0, 0.1) is 10.1 Å². The van der Waals surface area contributed by atoms with E-state index in [9.17, 15) is 41.3 Å². The molecule has 288 valence electrons. The molecule has 0 aliphatic heterocycles. The van der Waals surface area contributed by atoms with Gasteiger partial charge < -0.3 is 19.9 Å². The summed E-state index contributed by atoms with van der Waals surface area (Å²) in [5.41, 5.74) is 7.91. The predicted octanol–water partition coefficient (Wildman–Crippen LogP) is 5.67. The van der Waals surface area contributed by atoms with Crippen LogP contribution in [-0.4, -0.2) is 60.5 Å². The third-order valence-corrected chi connectivity index (χ3v) is 10.6. The topological polar surface area (TPSA) is 216 Å². The van der Waals surface area contributed by atoms with E-state index in [0.29, 0.717) is 29.8 Å². The molecular weight excluding hydrogens is 741 g/mol. The van der Waals surface area contributed by atoms with Gasteiger partial charge in [-0.25, -0.2) is 21.6 Å². The Hall–Kier alpha value is -5.87. The van der Waals surface area contributed by atoms with Crippen molar-refractivity contribution in [2.45, 2.75) is 48.0 Å². The van der Waals surface area contributed by atoms with Crippen LogP contribution >= 0.6 is 0 Å². The zero-order valence-corrected chi connectivity index (χ0v) is 31.8. The van der Waals surface area contributed by atoms with Crippen LogP contribution in [-0.2, 0) is 66.2 Å². The molecule has 0 aliphatic rings. The molecule has 4 aromatic carbocycles. The first-order valence-corrected chi connectivity index (χ1v) is 19.5. The van der Waals surface area contributed by atoms with Crippen molar-refractivity contribution in [1.82, 2.24) is 0 Å². The summed E-state index contributed by atoms with van der Waals surface area (Å²) in [5, 5.41) is 11.2. The number of esters is 3. The van der Waals surface area contributed by atoms with E-state index in [0.717, 1.165) is 11.6 Å². The summed E-state index contributed by atoms with van der Waals surface area (Å²) in [5.74, 6) is -1.79. The van der Waals surface area contributed by atoms with Crippen LogP contribution < -0.4 is 5.73 Å². The van der Waals surface area contributed by atoms with Crippen molar-refractivity contribution >= 4 is 55.0 Å². The van der Waals surface area contributed by atoms with Gasteiger partial charge in [-0.3, -0.25) is 19.7 Å². The highest BCUT2D eigenvalue weighted by Crippen LogP contribution is 2.26. The number of nitro groups is 1. The maximum atomic E-state index is 12.5. The molecule has 4 aromatic rings. The van der Waals surface area contributed by atoms with Crippen molar-refractivity contribution in [2.75, 3.05) is 26.6 Å². The number of carbonyl (C=O) groups is 3. The predicted molar refractivity (Wildman–Crippen MR) is 202 cm³/mol. The number of carbonyl (C=O) groups excluding carboxylic acids is 3. The number of hydrogen-bond acceptors (Lipinski definition) is 13. The Labute approximate surface area is 314 Å². The minimum atomic E-state index is -3.74. The molecule has 14 nitrogen and oxygen atoms in total. The van der Waals surface area contributed by atoms with E-state index >= 15 is 0 Å². The summed E-state index contributed by atoms with van der Waals surface area (Å²) in [6.45, 7) is 3.65. The Morgan fingerprint density at radius 1 is 0.778 bits per heavy atom. The number of sulfone groups is 2. The molecule has 4 rings (SSSR count). The first kappa shape index (κ1) is 44.3. The van der Waals surface area contributed by atoms with Crippen LogP contribution in [0.1, 0.15) is 42.5 Å². The van der Waals surface area contributed by atoms with Crippen LogP contribution in [0.15, 0.2) is 113 Å². The fraction of sp³-hybridized carbons (Fsp3) is 0.237. The average molecular weight is 783 g/mol. The molecule has 0 fully saturated rings. The van der Waals surface area contributed by atoms with Crippen LogP contribution in [0.25, 0.3) is 6.08 Å². The lowest BCUT2D eigenvalue weighted by Gasteiger charge is -2.10. The van der Waals surface area contributed by atoms with E-state index < -0.39 is 36.3 Å². The molecule has 0 unspecified atom stereocenters. The summed E-state index contributed by atoms with van der Waals surface area (Å²) in [6, 6.07) is 25.2.